The average Bonchev–Trinajstić information content (AvgIpc) is 3.38. The Hall–Kier alpha value is -3.55. The van der Waals surface area contributed by atoms with Crippen LogP contribution < -0.4 is 9.64 Å². The monoisotopic (exact) mass is 551 g/mol. The quantitative estimate of drug-likeness (QED) is 0.260. The lowest BCUT2D eigenvalue weighted by Gasteiger charge is -2.27. The number of Topliss-reactive ketones (excluding diaryl/α,β-unsaturated/α-hetero) is 1. The highest BCUT2D eigenvalue weighted by molar-refractivity contribution is 9.10. The number of amides is 1. The van der Waals surface area contributed by atoms with Crippen LogP contribution >= 0.6 is 27.5 Å². The molecule has 8 heteroatoms. The molecule has 5 rings (SSSR count). The summed E-state index contributed by atoms with van der Waals surface area (Å²) in [4.78, 5) is 28.4. The van der Waals surface area contributed by atoms with Gasteiger partial charge in [0.1, 0.15) is 11.3 Å². The summed E-state index contributed by atoms with van der Waals surface area (Å²) in [5.74, 6) is -1.31. The van der Waals surface area contributed by atoms with E-state index in [9.17, 15) is 14.7 Å². The van der Waals surface area contributed by atoms with Gasteiger partial charge in [0.2, 0.25) is 5.78 Å². The zero-order valence-electron chi connectivity index (χ0n) is 18.5. The number of carbonyl (C=O) groups is 2. The van der Waals surface area contributed by atoms with Crippen molar-refractivity contribution in [1.82, 2.24) is 0 Å². The molecule has 0 fully saturated rings. The number of aliphatic hydroxyl groups is 1. The number of carbonyl (C=O) groups excluding carboxylic acids is 2. The summed E-state index contributed by atoms with van der Waals surface area (Å²) in [5, 5.41) is 12.2. The predicted molar refractivity (Wildman–Crippen MR) is 137 cm³/mol. The summed E-state index contributed by atoms with van der Waals surface area (Å²) in [6.07, 6.45) is 0. The van der Waals surface area contributed by atoms with Crippen LogP contribution in [0.4, 0.5) is 5.69 Å². The highest BCUT2D eigenvalue weighted by Crippen LogP contribution is 2.43. The van der Waals surface area contributed by atoms with E-state index >= 15 is 0 Å². The van der Waals surface area contributed by atoms with E-state index < -0.39 is 23.5 Å². The third-order valence-electron chi connectivity index (χ3n) is 5.75. The van der Waals surface area contributed by atoms with Gasteiger partial charge in [-0.2, -0.15) is 0 Å². The first kappa shape index (κ1) is 23.2. The first-order chi connectivity index (χ1) is 16.9. The van der Waals surface area contributed by atoms with Crippen molar-refractivity contribution < 1.29 is 23.8 Å². The van der Waals surface area contributed by atoms with Gasteiger partial charge in [-0.1, -0.05) is 45.7 Å². The number of ketones is 1. The van der Waals surface area contributed by atoms with Crippen molar-refractivity contribution >= 4 is 55.9 Å². The van der Waals surface area contributed by atoms with Crippen LogP contribution in [0.1, 0.15) is 29.1 Å². The van der Waals surface area contributed by atoms with Gasteiger partial charge in [-0.25, -0.2) is 0 Å². The van der Waals surface area contributed by atoms with Crippen LogP contribution in [0.15, 0.2) is 93.0 Å². The molecule has 1 N–H and O–H groups in total. The second-order valence-corrected chi connectivity index (χ2v) is 9.30. The fourth-order valence-electron chi connectivity index (χ4n) is 4.21. The van der Waals surface area contributed by atoms with Crippen molar-refractivity contribution in [1.29, 1.82) is 0 Å². The molecular weight excluding hydrogens is 534 g/mol. The van der Waals surface area contributed by atoms with Gasteiger partial charge in [-0.15, -0.1) is 0 Å². The van der Waals surface area contributed by atoms with Gasteiger partial charge in [0, 0.05) is 26.6 Å². The van der Waals surface area contributed by atoms with Crippen LogP contribution in [0.2, 0.25) is 5.02 Å². The highest BCUT2D eigenvalue weighted by Gasteiger charge is 2.45. The van der Waals surface area contributed by atoms with E-state index in [-0.39, 0.29) is 11.3 Å². The number of hydrogen-bond acceptors (Lipinski definition) is 5. The summed E-state index contributed by atoms with van der Waals surface area (Å²) < 4.78 is 12.2. The lowest BCUT2D eigenvalue weighted by atomic mass is 9.94. The second-order valence-electron chi connectivity index (χ2n) is 7.94. The van der Waals surface area contributed by atoms with Crippen LogP contribution in [0.3, 0.4) is 0 Å². The van der Waals surface area contributed by atoms with Crippen LogP contribution in [-0.2, 0) is 4.79 Å². The Balaban J connectivity index is 1.64. The molecule has 2 heterocycles. The van der Waals surface area contributed by atoms with Crippen LogP contribution in [0, 0.1) is 0 Å². The van der Waals surface area contributed by atoms with Crippen molar-refractivity contribution in [3.05, 3.63) is 105 Å². The summed E-state index contributed by atoms with van der Waals surface area (Å²) in [6.45, 7) is 2.31. The summed E-state index contributed by atoms with van der Waals surface area (Å²) in [5.41, 5.74) is 1.53. The predicted octanol–water partition coefficient (Wildman–Crippen LogP) is 7.03. The third-order valence-corrected chi connectivity index (χ3v) is 6.49. The normalized spacial score (nSPS) is 15.8. The molecule has 4 aromatic rings. The zero-order valence-corrected chi connectivity index (χ0v) is 20.8. The minimum atomic E-state index is -0.899. The largest absolute Gasteiger partial charge is 0.503 e. The first-order valence-corrected chi connectivity index (χ1v) is 12.0. The molecule has 1 aromatic heterocycles. The Morgan fingerprint density at radius 1 is 1.11 bits per heavy atom. The lowest BCUT2D eigenvalue weighted by Crippen LogP contribution is -2.31. The van der Waals surface area contributed by atoms with Gasteiger partial charge < -0.3 is 14.3 Å². The smallest absolute Gasteiger partial charge is 0.294 e. The standard InChI is InChI=1S/C27H19BrClNO5/c1-2-34-20-5-3-4-19(14-20)30-24(15-6-9-18(29)10-7-15)23(26(32)27(30)33)25(31)22-13-16-12-17(28)8-11-21(16)35-22/h3-14,24,32H,2H2,1H3. The Morgan fingerprint density at radius 2 is 1.89 bits per heavy atom. The molecule has 0 saturated heterocycles. The first-order valence-electron chi connectivity index (χ1n) is 10.9. The summed E-state index contributed by atoms with van der Waals surface area (Å²) in [6, 6.07) is 19.8. The van der Waals surface area contributed by atoms with E-state index in [0.29, 0.717) is 34.2 Å². The molecule has 1 aliphatic heterocycles. The van der Waals surface area contributed by atoms with E-state index in [0.717, 1.165) is 9.86 Å². The van der Waals surface area contributed by atoms with Crippen molar-refractivity contribution in [2.45, 2.75) is 13.0 Å². The molecule has 3 aromatic carbocycles. The zero-order chi connectivity index (χ0) is 24.7. The molecule has 6 nitrogen and oxygen atoms in total. The topological polar surface area (TPSA) is 80.0 Å². The number of hydrogen-bond donors (Lipinski definition) is 1. The van der Waals surface area contributed by atoms with Gasteiger partial charge in [-0.05, 0) is 61.0 Å². The summed E-state index contributed by atoms with van der Waals surface area (Å²) in [7, 11) is 0. The van der Waals surface area contributed by atoms with E-state index in [1.165, 1.54) is 4.90 Å². The molecule has 1 unspecified atom stereocenters. The van der Waals surface area contributed by atoms with Crippen LogP contribution in [0.25, 0.3) is 11.0 Å². The Bertz CT molecular complexity index is 1490. The minimum Gasteiger partial charge on any atom is -0.503 e. The number of benzene rings is 3. The Morgan fingerprint density at radius 3 is 2.63 bits per heavy atom. The van der Waals surface area contributed by atoms with Crippen molar-refractivity contribution in [2.75, 3.05) is 11.5 Å². The Kier molecular flexibility index (Phi) is 6.13. The van der Waals surface area contributed by atoms with Gasteiger partial charge in [0.05, 0.1) is 18.2 Å². The fraction of sp³-hybridized carbons (Fsp3) is 0.111. The van der Waals surface area contributed by atoms with Crippen molar-refractivity contribution in [3.63, 3.8) is 0 Å². The number of aliphatic hydroxyl groups excluding tert-OH is 1. The van der Waals surface area contributed by atoms with E-state index in [4.69, 9.17) is 20.8 Å². The molecule has 0 spiro atoms. The van der Waals surface area contributed by atoms with E-state index in [2.05, 4.69) is 15.9 Å². The lowest BCUT2D eigenvalue weighted by molar-refractivity contribution is -0.117. The van der Waals surface area contributed by atoms with Crippen LogP contribution in [-0.4, -0.2) is 23.4 Å². The number of fused-ring (bicyclic) bond motifs is 1. The maximum Gasteiger partial charge on any atom is 0.294 e. The third kappa shape index (κ3) is 4.22. The molecule has 1 amide bonds. The maximum atomic E-state index is 13.7. The van der Waals surface area contributed by atoms with E-state index in [1.54, 1.807) is 66.7 Å². The Labute approximate surface area is 214 Å². The number of anilines is 1. The highest BCUT2D eigenvalue weighted by atomic mass is 79.9. The van der Waals surface area contributed by atoms with Gasteiger partial charge in [-0.3, -0.25) is 14.5 Å². The molecule has 0 radical (unpaired) electrons. The molecular formula is C27H19BrClNO5. The molecule has 0 saturated carbocycles. The van der Waals surface area contributed by atoms with Crippen molar-refractivity contribution in [2.24, 2.45) is 0 Å². The number of ether oxygens (including phenoxy) is 1. The fourth-order valence-corrected chi connectivity index (χ4v) is 4.72. The second kappa shape index (κ2) is 9.24. The minimum absolute atomic E-state index is 0.0244. The molecule has 0 aliphatic carbocycles. The number of furan rings is 1. The molecule has 1 atom stereocenters. The number of rotatable bonds is 6. The van der Waals surface area contributed by atoms with Gasteiger partial charge in [0.15, 0.2) is 11.5 Å². The number of halogens is 2. The average molecular weight is 553 g/mol. The molecule has 0 bridgehead atoms. The molecule has 176 valence electrons. The van der Waals surface area contributed by atoms with Gasteiger partial charge >= 0.3 is 0 Å². The van der Waals surface area contributed by atoms with Crippen molar-refractivity contribution in [3.8, 4) is 5.75 Å². The SMILES string of the molecule is CCOc1cccc(N2C(=O)C(O)=C(C(=O)c3cc4cc(Br)ccc4o3)C2c2ccc(Cl)cc2)c1. The summed E-state index contributed by atoms with van der Waals surface area (Å²) >= 11 is 9.50. The van der Waals surface area contributed by atoms with Gasteiger partial charge in [0.25, 0.3) is 5.91 Å². The van der Waals surface area contributed by atoms with E-state index in [1.807, 2.05) is 13.0 Å². The number of nitrogens with zero attached hydrogens (tertiary/aromatic N) is 1. The van der Waals surface area contributed by atoms with Crippen LogP contribution in [0.5, 0.6) is 5.75 Å². The molecule has 1 aliphatic rings. The maximum absolute atomic E-state index is 13.7. The molecule has 35 heavy (non-hydrogen) atoms.